The van der Waals surface area contributed by atoms with Crippen LogP contribution in [0.2, 0.25) is 5.02 Å². The lowest BCUT2D eigenvalue weighted by Crippen LogP contribution is -2.34. The lowest BCUT2D eigenvalue weighted by atomic mass is 9.88. The number of fused-ring (bicyclic) bond motifs is 1. The molecule has 0 bridgehead atoms. The second kappa shape index (κ2) is 11.8. The number of aromatic nitrogens is 3. The fourth-order valence-corrected chi connectivity index (χ4v) is 5.67. The van der Waals surface area contributed by atoms with E-state index in [-0.39, 0.29) is 6.10 Å². The number of carbonyl (C=O) groups is 1. The summed E-state index contributed by atoms with van der Waals surface area (Å²) in [7, 11) is 0. The Kier molecular flexibility index (Phi) is 7.80. The van der Waals surface area contributed by atoms with Crippen LogP contribution in [0.25, 0.3) is 6.08 Å². The molecule has 4 aromatic rings. The molecular formula is C31H31ClN4O5. The Morgan fingerprint density at radius 3 is 2.66 bits per heavy atom. The van der Waals surface area contributed by atoms with Crippen LogP contribution in [-0.4, -0.2) is 50.2 Å². The van der Waals surface area contributed by atoms with Crippen molar-refractivity contribution in [1.82, 2.24) is 19.4 Å². The topological polar surface area (TPSA) is 103 Å². The molecule has 1 unspecified atom stereocenters. The number of carboxylic acid groups (broad SMARTS) is 1. The second-order valence-corrected chi connectivity index (χ2v) is 10.8. The normalized spacial score (nSPS) is 17.8. The molecule has 0 aliphatic carbocycles. The third kappa shape index (κ3) is 6.01. The summed E-state index contributed by atoms with van der Waals surface area (Å²) in [4.78, 5) is 22.4. The van der Waals surface area contributed by atoms with E-state index in [2.05, 4.69) is 20.9 Å². The smallest absolute Gasteiger partial charge is 0.328 e. The summed E-state index contributed by atoms with van der Waals surface area (Å²) in [5.74, 6) is 2.57. The molecule has 2 aliphatic heterocycles. The molecular weight excluding hydrogens is 544 g/mol. The minimum absolute atomic E-state index is 0.170. The molecule has 41 heavy (non-hydrogen) atoms. The maximum absolute atomic E-state index is 11.1. The molecule has 2 aliphatic rings. The van der Waals surface area contributed by atoms with Gasteiger partial charge in [0.1, 0.15) is 18.2 Å². The van der Waals surface area contributed by atoms with E-state index in [0.29, 0.717) is 36.3 Å². The number of hydrogen-bond donors (Lipinski definition) is 1. The van der Waals surface area contributed by atoms with Crippen LogP contribution in [0.3, 0.4) is 0 Å². The van der Waals surface area contributed by atoms with Gasteiger partial charge >= 0.3 is 5.97 Å². The first-order valence-electron chi connectivity index (χ1n) is 13.7. The average Bonchev–Trinajstić information content (AvgIpc) is 3.57. The van der Waals surface area contributed by atoms with Gasteiger partial charge < -0.3 is 23.6 Å². The maximum atomic E-state index is 11.1. The number of rotatable bonds is 8. The van der Waals surface area contributed by atoms with Gasteiger partial charge in [0, 0.05) is 16.7 Å². The van der Waals surface area contributed by atoms with E-state index in [1.807, 2.05) is 47.9 Å². The number of oxazole rings is 1. The van der Waals surface area contributed by atoms with Crippen LogP contribution in [-0.2, 0) is 17.9 Å². The van der Waals surface area contributed by atoms with Gasteiger partial charge in [-0.25, -0.2) is 14.8 Å². The highest BCUT2D eigenvalue weighted by Gasteiger charge is 2.30. The number of para-hydroxylation sites is 1. The van der Waals surface area contributed by atoms with Gasteiger partial charge in [-0.3, -0.25) is 4.90 Å². The van der Waals surface area contributed by atoms with Gasteiger partial charge in [0.05, 0.1) is 30.7 Å². The van der Waals surface area contributed by atoms with Crippen molar-refractivity contribution < 1.29 is 23.8 Å². The number of carboxylic acids is 1. The first kappa shape index (κ1) is 27.1. The summed E-state index contributed by atoms with van der Waals surface area (Å²) < 4.78 is 20.2. The van der Waals surface area contributed by atoms with Crippen LogP contribution in [0.15, 0.2) is 65.5 Å². The van der Waals surface area contributed by atoms with E-state index in [1.54, 1.807) is 12.3 Å². The Labute approximate surface area is 243 Å². The van der Waals surface area contributed by atoms with Crippen molar-refractivity contribution in [3.05, 3.63) is 100 Å². The van der Waals surface area contributed by atoms with Gasteiger partial charge in [-0.2, -0.15) is 0 Å². The monoisotopic (exact) mass is 574 g/mol. The van der Waals surface area contributed by atoms with Crippen molar-refractivity contribution in [2.24, 2.45) is 0 Å². The van der Waals surface area contributed by atoms with Crippen molar-refractivity contribution in [2.75, 3.05) is 19.7 Å². The molecule has 0 amide bonds. The van der Waals surface area contributed by atoms with Crippen LogP contribution in [0.4, 0.5) is 0 Å². The summed E-state index contributed by atoms with van der Waals surface area (Å²) in [5.41, 5.74) is 3.74. The number of nitrogens with zero attached hydrogens (tertiary/aromatic N) is 4. The minimum atomic E-state index is -1.00. The van der Waals surface area contributed by atoms with Crippen LogP contribution in [0, 0.1) is 6.92 Å². The van der Waals surface area contributed by atoms with Crippen molar-refractivity contribution in [2.45, 2.75) is 44.9 Å². The number of likely N-dealkylation sites (tertiary alicyclic amines) is 1. The van der Waals surface area contributed by atoms with Crippen molar-refractivity contribution in [1.29, 1.82) is 0 Å². The van der Waals surface area contributed by atoms with Gasteiger partial charge in [0.25, 0.3) is 0 Å². The standard InChI is InChI=1S/C31H31ClN4O5/c1-20-27(40-19-34-20)16-36-24(9-10-30(37)38)15-33-29(36)17-35-13-11-21(12-14-35)25-3-2-4-26-31(25)39-18-28(41-26)22-5-7-23(32)8-6-22/h2-10,15,19,21,28H,11-14,16-18H2,1H3,(H,37,38). The quantitative estimate of drug-likeness (QED) is 0.261. The fourth-order valence-electron chi connectivity index (χ4n) is 5.54. The SMILES string of the molecule is Cc1ncoc1Cn1c(C=CC(=O)O)cnc1CN1CCC(c2cccc3c2OCC(c2ccc(Cl)cc2)O3)CC1. The number of imidazole rings is 1. The second-order valence-electron chi connectivity index (χ2n) is 10.4. The van der Waals surface area contributed by atoms with Crippen LogP contribution in [0.5, 0.6) is 11.5 Å². The molecule has 2 aromatic carbocycles. The zero-order valence-electron chi connectivity index (χ0n) is 22.7. The maximum Gasteiger partial charge on any atom is 0.328 e. The largest absolute Gasteiger partial charge is 0.485 e. The van der Waals surface area contributed by atoms with E-state index in [1.165, 1.54) is 12.0 Å². The van der Waals surface area contributed by atoms with E-state index >= 15 is 0 Å². The number of halogens is 1. The fraction of sp³-hybridized carbons (Fsp3) is 0.323. The molecule has 0 radical (unpaired) electrons. The van der Waals surface area contributed by atoms with Gasteiger partial charge in [0.2, 0.25) is 0 Å². The van der Waals surface area contributed by atoms with E-state index < -0.39 is 5.97 Å². The lowest BCUT2D eigenvalue weighted by molar-refractivity contribution is -0.131. The number of benzene rings is 2. The molecule has 1 fully saturated rings. The van der Waals surface area contributed by atoms with Crippen molar-refractivity contribution >= 4 is 23.6 Å². The van der Waals surface area contributed by atoms with E-state index in [4.69, 9.17) is 30.6 Å². The zero-order chi connectivity index (χ0) is 28.3. The first-order chi connectivity index (χ1) is 19.9. The Balaban J connectivity index is 1.13. The van der Waals surface area contributed by atoms with E-state index in [0.717, 1.165) is 66.3 Å². The number of aryl methyl sites for hydroxylation is 1. The minimum Gasteiger partial charge on any atom is -0.485 e. The van der Waals surface area contributed by atoms with Crippen molar-refractivity contribution in [3.8, 4) is 11.5 Å². The van der Waals surface area contributed by atoms with Crippen LogP contribution < -0.4 is 9.47 Å². The first-order valence-corrected chi connectivity index (χ1v) is 14.1. The highest BCUT2D eigenvalue weighted by Crippen LogP contribution is 2.44. The lowest BCUT2D eigenvalue weighted by Gasteiger charge is -2.34. The third-order valence-corrected chi connectivity index (χ3v) is 8.06. The third-order valence-electron chi connectivity index (χ3n) is 7.80. The predicted octanol–water partition coefficient (Wildman–Crippen LogP) is 5.87. The van der Waals surface area contributed by atoms with Gasteiger partial charge in [-0.05, 0) is 68.6 Å². The van der Waals surface area contributed by atoms with Crippen LogP contribution >= 0.6 is 11.6 Å². The highest BCUT2D eigenvalue weighted by atomic mass is 35.5. The molecule has 4 heterocycles. The molecule has 0 saturated carbocycles. The van der Waals surface area contributed by atoms with Gasteiger partial charge in [0.15, 0.2) is 24.0 Å². The molecule has 10 heteroatoms. The van der Waals surface area contributed by atoms with Crippen LogP contribution in [0.1, 0.15) is 59.0 Å². The summed E-state index contributed by atoms with van der Waals surface area (Å²) in [5, 5.41) is 9.82. The Hall–Kier alpha value is -4.08. The molecule has 1 atom stereocenters. The summed E-state index contributed by atoms with van der Waals surface area (Å²) in [6, 6.07) is 13.9. The molecule has 6 rings (SSSR count). The highest BCUT2D eigenvalue weighted by molar-refractivity contribution is 6.30. The summed E-state index contributed by atoms with van der Waals surface area (Å²) >= 11 is 6.05. The summed E-state index contributed by atoms with van der Waals surface area (Å²) in [6.07, 6.45) is 7.61. The Morgan fingerprint density at radius 2 is 1.93 bits per heavy atom. The van der Waals surface area contributed by atoms with Gasteiger partial charge in [-0.15, -0.1) is 0 Å². The summed E-state index contributed by atoms with van der Waals surface area (Å²) in [6.45, 7) is 5.23. The van der Waals surface area contributed by atoms with Crippen molar-refractivity contribution in [3.63, 3.8) is 0 Å². The molecule has 1 N–H and O–H groups in total. The molecule has 9 nitrogen and oxygen atoms in total. The number of ether oxygens (including phenoxy) is 2. The number of aliphatic carboxylic acids is 1. The molecule has 0 spiro atoms. The molecule has 212 valence electrons. The molecule has 2 aromatic heterocycles. The average molecular weight is 575 g/mol. The Bertz CT molecular complexity index is 1550. The Morgan fingerprint density at radius 1 is 1.12 bits per heavy atom. The predicted molar refractivity (Wildman–Crippen MR) is 153 cm³/mol. The zero-order valence-corrected chi connectivity index (χ0v) is 23.5. The van der Waals surface area contributed by atoms with Gasteiger partial charge in [-0.1, -0.05) is 35.9 Å². The number of hydrogen-bond acceptors (Lipinski definition) is 7. The molecule has 1 saturated heterocycles. The number of piperidine rings is 1. The van der Waals surface area contributed by atoms with E-state index in [9.17, 15) is 4.79 Å².